The van der Waals surface area contributed by atoms with Crippen molar-refractivity contribution in [3.05, 3.63) is 53.3 Å². The summed E-state index contributed by atoms with van der Waals surface area (Å²) in [7, 11) is -3.73. The van der Waals surface area contributed by atoms with Gasteiger partial charge in [0, 0.05) is 6.07 Å². The first-order valence-corrected chi connectivity index (χ1v) is 8.96. The number of benzene rings is 1. The summed E-state index contributed by atoms with van der Waals surface area (Å²) in [6, 6.07) is 9.95. The molecule has 130 valence electrons. The summed E-state index contributed by atoms with van der Waals surface area (Å²) < 4.78 is 32.4. The zero-order valence-electron chi connectivity index (χ0n) is 13.9. The lowest BCUT2D eigenvalue weighted by Gasteiger charge is -2.10. The summed E-state index contributed by atoms with van der Waals surface area (Å²) >= 11 is 0. The quantitative estimate of drug-likeness (QED) is 0.720. The number of aryl methyl sites for hydroxylation is 3. The average molecular weight is 359 g/mol. The summed E-state index contributed by atoms with van der Waals surface area (Å²) in [4.78, 5) is 0.208. The van der Waals surface area contributed by atoms with E-state index in [0.29, 0.717) is 23.0 Å². The summed E-state index contributed by atoms with van der Waals surface area (Å²) in [6.45, 7) is 5.43. The first kappa shape index (κ1) is 16.9. The third kappa shape index (κ3) is 3.94. The van der Waals surface area contributed by atoms with Crippen molar-refractivity contribution < 1.29 is 12.9 Å². The molecule has 3 aromatic rings. The predicted molar refractivity (Wildman–Crippen MR) is 93.3 cm³/mol. The van der Waals surface area contributed by atoms with E-state index in [9.17, 15) is 8.42 Å². The maximum Gasteiger partial charge on any atom is 0.263 e. The maximum absolute atomic E-state index is 12.5. The molecule has 0 atom stereocenters. The normalized spacial score (nSPS) is 11.3. The van der Waals surface area contributed by atoms with Crippen LogP contribution in [0.2, 0.25) is 0 Å². The Balaban J connectivity index is 1.76. The van der Waals surface area contributed by atoms with E-state index in [2.05, 4.69) is 25.4 Å². The Hall–Kier alpha value is -2.94. The number of nitrogens with zero attached hydrogens (tertiary/aromatic N) is 3. The average Bonchev–Trinajstić information content (AvgIpc) is 2.93. The van der Waals surface area contributed by atoms with Gasteiger partial charge in [-0.15, -0.1) is 10.2 Å². The third-order valence-electron chi connectivity index (χ3n) is 3.41. The molecule has 1 aromatic carbocycles. The fraction of sp³-hybridized carbons (Fsp3) is 0.188. The highest BCUT2D eigenvalue weighted by atomic mass is 32.2. The van der Waals surface area contributed by atoms with Crippen LogP contribution in [0.1, 0.15) is 16.9 Å². The van der Waals surface area contributed by atoms with Crippen LogP contribution in [0.25, 0.3) is 0 Å². The minimum atomic E-state index is -3.73. The SMILES string of the molecule is Cc1ccc(S(=O)(=O)Nc2ccc(Nc3cc(C)on3)nn2)c(C)c1. The molecule has 2 heterocycles. The van der Waals surface area contributed by atoms with Crippen molar-refractivity contribution in [1.82, 2.24) is 15.4 Å². The molecule has 0 aliphatic carbocycles. The van der Waals surface area contributed by atoms with Gasteiger partial charge in [0.1, 0.15) is 5.76 Å². The molecule has 25 heavy (non-hydrogen) atoms. The first-order chi connectivity index (χ1) is 11.8. The van der Waals surface area contributed by atoms with E-state index >= 15 is 0 Å². The van der Waals surface area contributed by atoms with Crippen LogP contribution in [-0.2, 0) is 10.0 Å². The largest absolute Gasteiger partial charge is 0.360 e. The number of hydrogen-bond donors (Lipinski definition) is 2. The van der Waals surface area contributed by atoms with Crippen LogP contribution in [0.15, 0.2) is 45.8 Å². The van der Waals surface area contributed by atoms with E-state index in [0.717, 1.165) is 5.56 Å². The van der Waals surface area contributed by atoms with Gasteiger partial charge in [-0.1, -0.05) is 22.9 Å². The van der Waals surface area contributed by atoms with Crippen LogP contribution in [0.3, 0.4) is 0 Å². The van der Waals surface area contributed by atoms with E-state index in [1.807, 2.05) is 13.0 Å². The van der Waals surface area contributed by atoms with Crippen molar-refractivity contribution in [2.45, 2.75) is 25.7 Å². The highest BCUT2D eigenvalue weighted by molar-refractivity contribution is 7.92. The Labute approximate surface area is 145 Å². The number of aromatic nitrogens is 3. The number of hydrogen-bond acceptors (Lipinski definition) is 7. The van der Waals surface area contributed by atoms with Gasteiger partial charge in [0.25, 0.3) is 10.0 Å². The number of sulfonamides is 1. The molecule has 9 heteroatoms. The predicted octanol–water partition coefficient (Wildman–Crippen LogP) is 2.93. The van der Waals surface area contributed by atoms with Gasteiger partial charge < -0.3 is 9.84 Å². The monoisotopic (exact) mass is 359 g/mol. The molecule has 2 N–H and O–H groups in total. The highest BCUT2D eigenvalue weighted by Gasteiger charge is 2.17. The Morgan fingerprint density at radius 3 is 2.24 bits per heavy atom. The standard InChI is InChI=1S/C16H17N5O3S/c1-10-4-5-13(11(2)8-10)25(22,23)21-15-7-6-14(18-19-15)17-16-9-12(3)24-20-16/h4-9H,1-3H3,(H,19,21)(H,17,18,20). The van der Waals surface area contributed by atoms with Crippen LogP contribution in [-0.4, -0.2) is 23.8 Å². The number of rotatable bonds is 5. The number of anilines is 3. The molecule has 0 saturated carbocycles. The summed E-state index contributed by atoms with van der Waals surface area (Å²) in [5.41, 5.74) is 1.66. The lowest BCUT2D eigenvalue weighted by atomic mass is 10.2. The summed E-state index contributed by atoms with van der Waals surface area (Å²) in [5, 5.41) is 14.5. The minimum Gasteiger partial charge on any atom is -0.360 e. The van der Waals surface area contributed by atoms with Crippen LogP contribution in [0.5, 0.6) is 0 Å². The second kappa shape index (κ2) is 6.52. The van der Waals surface area contributed by atoms with Crippen molar-refractivity contribution in [3.63, 3.8) is 0 Å². The van der Waals surface area contributed by atoms with E-state index in [1.54, 1.807) is 38.1 Å². The van der Waals surface area contributed by atoms with Crippen LogP contribution in [0, 0.1) is 20.8 Å². The lowest BCUT2D eigenvalue weighted by Crippen LogP contribution is -2.15. The molecule has 0 amide bonds. The summed E-state index contributed by atoms with van der Waals surface area (Å²) in [6.07, 6.45) is 0. The van der Waals surface area contributed by atoms with Gasteiger partial charge in [-0.3, -0.25) is 4.72 Å². The third-order valence-corrected chi connectivity index (χ3v) is 4.92. The topological polar surface area (TPSA) is 110 Å². The van der Waals surface area contributed by atoms with E-state index in [-0.39, 0.29) is 10.7 Å². The van der Waals surface area contributed by atoms with Crippen molar-refractivity contribution >= 4 is 27.5 Å². The minimum absolute atomic E-state index is 0.127. The second-order valence-electron chi connectivity index (χ2n) is 5.63. The molecule has 0 radical (unpaired) electrons. The van der Waals surface area contributed by atoms with Crippen molar-refractivity contribution in [2.24, 2.45) is 0 Å². The first-order valence-electron chi connectivity index (χ1n) is 7.48. The molecule has 0 aliphatic heterocycles. The van der Waals surface area contributed by atoms with E-state index < -0.39 is 10.0 Å². The Bertz CT molecular complexity index is 997. The Morgan fingerprint density at radius 2 is 1.64 bits per heavy atom. The van der Waals surface area contributed by atoms with Crippen LogP contribution < -0.4 is 10.0 Å². The molecular weight excluding hydrogens is 342 g/mol. The maximum atomic E-state index is 12.5. The van der Waals surface area contributed by atoms with Crippen LogP contribution >= 0.6 is 0 Å². The van der Waals surface area contributed by atoms with Crippen molar-refractivity contribution in [1.29, 1.82) is 0 Å². The molecule has 0 aliphatic rings. The van der Waals surface area contributed by atoms with Gasteiger partial charge in [-0.2, -0.15) is 0 Å². The molecular formula is C16H17N5O3S. The van der Waals surface area contributed by atoms with Gasteiger partial charge in [-0.25, -0.2) is 8.42 Å². The molecule has 0 fully saturated rings. The van der Waals surface area contributed by atoms with Gasteiger partial charge >= 0.3 is 0 Å². The molecule has 2 aromatic heterocycles. The van der Waals surface area contributed by atoms with Gasteiger partial charge in [-0.05, 0) is 44.5 Å². The second-order valence-corrected chi connectivity index (χ2v) is 7.28. The zero-order chi connectivity index (χ0) is 18.0. The van der Waals surface area contributed by atoms with Gasteiger partial charge in [0.15, 0.2) is 17.5 Å². The zero-order valence-corrected chi connectivity index (χ0v) is 14.8. The van der Waals surface area contributed by atoms with Gasteiger partial charge in [0.05, 0.1) is 4.90 Å². The van der Waals surface area contributed by atoms with Crippen LogP contribution in [0.4, 0.5) is 17.5 Å². The summed E-state index contributed by atoms with van der Waals surface area (Å²) in [5.74, 6) is 1.70. The Kier molecular flexibility index (Phi) is 4.41. The molecule has 8 nitrogen and oxygen atoms in total. The van der Waals surface area contributed by atoms with E-state index in [1.165, 1.54) is 6.07 Å². The lowest BCUT2D eigenvalue weighted by molar-refractivity contribution is 0.400. The molecule has 0 spiro atoms. The van der Waals surface area contributed by atoms with Crippen molar-refractivity contribution in [3.8, 4) is 0 Å². The molecule has 0 bridgehead atoms. The fourth-order valence-corrected chi connectivity index (χ4v) is 3.53. The van der Waals surface area contributed by atoms with E-state index in [4.69, 9.17) is 4.52 Å². The molecule has 0 saturated heterocycles. The smallest absolute Gasteiger partial charge is 0.263 e. The van der Waals surface area contributed by atoms with Gasteiger partial charge in [0.2, 0.25) is 0 Å². The molecule has 0 unspecified atom stereocenters. The number of nitrogens with one attached hydrogen (secondary N) is 2. The highest BCUT2D eigenvalue weighted by Crippen LogP contribution is 2.20. The fourth-order valence-electron chi connectivity index (χ4n) is 2.30. The molecule has 3 rings (SSSR count). The van der Waals surface area contributed by atoms with Crippen molar-refractivity contribution in [2.75, 3.05) is 10.0 Å². The Morgan fingerprint density at radius 1 is 0.920 bits per heavy atom.